The number of carbonyl (C=O) groups excluding carboxylic acids is 1. The fraction of sp³-hybridized carbons (Fsp3) is 0.364. The number of carbonyl (C=O) groups is 1. The zero-order chi connectivity index (χ0) is 12.2. The van der Waals surface area contributed by atoms with E-state index in [9.17, 15) is 18.0 Å². The highest BCUT2D eigenvalue weighted by atomic mass is 19.4. The molecule has 0 aliphatic heterocycles. The lowest BCUT2D eigenvalue weighted by Gasteiger charge is -2.10. The van der Waals surface area contributed by atoms with Gasteiger partial charge in [0.15, 0.2) is 0 Å². The van der Waals surface area contributed by atoms with Gasteiger partial charge in [0.25, 0.3) is 0 Å². The zero-order valence-electron chi connectivity index (χ0n) is 8.77. The van der Waals surface area contributed by atoms with Gasteiger partial charge in [0.05, 0.1) is 0 Å². The Hall–Kier alpha value is -1.52. The van der Waals surface area contributed by atoms with Gasteiger partial charge in [0.2, 0.25) is 5.91 Å². The Morgan fingerprint density at radius 1 is 1.31 bits per heavy atom. The molecule has 2 nitrogen and oxygen atoms in total. The molecule has 0 aromatic heterocycles. The smallest absolute Gasteiger partial charge is 0.326 e. The molecule has 1 aromatic rings. The molecule has 0 unspecified atom stereocenters. The van der Waals surface area contributed by atoms with Crippen LogP contribution in [0, 0.1) is 0 Å². The topological polar surface area (TPSA) is 29.1 Å². The second-order valence-electron chi connectivity index (χ2n) is 3.35. The third-order valence-electron chi connectivity index (χ3n) is 2.03. The average molecular weight is 231 g/mol. The van der Waals surface area contributed by atoms with Crippen molar-refractivity contribution < 1.29 is 18.0 Å². The number of alkyl halides is 3. The van der Waals surface area contributed by atoms with Crippen molar-refractivity contribution in [3.8, 4) is 0 Å². The fourth-order valence-electron chi connectivity index (χ4n) is 1.33. The Morgan fingerprint density at radius 3 is 2.50 bits per heavy atom. The first kappa shape index (κ1) is 12.5. The van der Waals surface area contributed by atoms with E-state index < -0.39 is 18.5 Å². The molecule has 0 spiro atoms. The zero-order valence-corrected chi connectivity index (χ0v) is 8.77. The van der Waals surface area contributed by atoms with Gasteiger partial charge in [-0.3, -0.25) is 4.79 Å². The number of rotatable bonds is 3. The summed E-state index contributed by atoms with van der Waals surface area (Å²) in [4.78, 5) is 11.1. The third-order valence-corrected chi connectivity index (χ3v) is 2.03. The molecule has 0 bridgehead atoms. The number of halogens is 3. The number of benzene rings is 1. The molecule has 0 aliphatic carbocycles. The maximum Gasteiger partial charge on any atom is 0.397 e. The summed E-state index contributed by atoms with van der Waals surface area (Å²) in [6.45, 7) is 1.87. The highest BCUT2D eigenvalue weighted by Gasteiger charge is 2.31. The van der Waals surface area contributed by atoms with Crippen molar-refractivity contribution in [2.45, 2.75) is 25.9 Å². The number of hydrogen-bond acceptors (Lipinski definition) is 1. The first-order chi connectivity index (χ1) is 7.42. The van der Waals surface area contributed by atoms with E-state index in [1.54, 1.807) is 24.3 Å². The van der Waals surface area contributed by atoms with Gasteiger partial charge in [0.1, 0.15) is 6.42 Å². The Balaban J connectivity index is 2.70. The first-order valence-corrected chi connectivity index (χ1v) is 4.87. The van der Waals surface area contributed by atoms with Gasteiger partial charge >= 0.3 is 6.18 Å². The van der Waals surface area contributed by atoms with Crippen molar-refractivity contribution in [2.75, 3.05) is 5.32 Å². The first-order valence-electron chi connectivity index (χ1n) is 4.87. The number of para-hydroxylation sites is 1. The summed E-state index contributed by atoms with van der Waals surface area (Å²) in [6, 6.07) is 6.80. The summed E-state index contributed by atoms with van der Waals surface area (Å²) >= 11 is 0. The van der Waals surface area contributed by atoms with Crippen molar-refractivity contribution >= 4 is 11.6 Å². The van der Waals surface area contributed by atoms with E-state index in [2.05, 4.69) is 5.32 Å². The minimum atomic E-state index is -4.47. The summed E-state index contributed by atoms with van der Waals surface area (Å²) < 4.78 is 35.8. The van der Waals surface area contributed by atoms with Crippen molar-refractivity contribution in [3.05, 3.63) is 29.8 Å². The predicted octanol–water partition coefficient (Wildman–Crippen LogP) is 3.14. The van der Waals surface area contributed by atoms with Crippen LogP contribution in [0.4, 0.5) is 18.9 Å². The Labute approximate surface area is 91.5 Å². The monoisotopic (exact) mass is 231 g/mol. The van der Waals surface area contributed by atoms with E-state index in [4.69, 9.17) is 0 Å². The summed E-state index contributed by atoms with van der Waals surface area (Å²) in [7, 11) is 0. The Bertz CT molecular complexity index is 374. The summed E-state index contributed by atoms with van der Waals surface area (Å²) in [5.74, 6) is -1.03. The van der Waals surface area contributed by atoms with Crippen molar-refractivity contribution in [2.24, 2.45) is 0 Å². The van der Waals surface area contributed by atoms with E-state index in [-0.39, 0.29) is 0 Å². The highest BCUT2D eigenvalue weighted by molar-refractivity contribution is 5.91. The molecule has 1 amide bonds. The van der Waals surface area contributed by atoms with Crippen LogP contribution in [-0.4, -0.2) is 12.1 Å². The van der Waals surface area contributed by atoms with Gasteiger partial charge in [-0.05, 0) is 18.1 Å². The second kappa shape index (κ2) is 5.01. The van der Waals surface area contributed by atoms with E-state index in [1.165, 1.54) is 0 Å². The van der Waals surface area contributed by atoms with Gasteiger partial charge < -0.3 is 5.32 Å². The minimum absolute atomic E-state index is 0.444. The molecule has 0 saturated carbocycles. The summed E-state index contributed by atoms with van der Waals surface area (Å²) in [5, 5.41) is 2.26. The third kappa shape index (κ3) is 3.92. The van der Waals surface area contributed by atoms with Crippen LogP contribution in [0.15, 0.2) is 24.3 Å². The Kier molecular flexibility index (Phi) is 3.93. The molecule has 16 heavy (non-hydrogen) atoms. The highest BCUT2D eigenvalue weighted by Crippen LogP contribution is 2.21. The molecule has 0 atom stereocenters. The van der Waals surface area contributed by atoms with E-state index in [0.29, 0.717) is 12.1 Å². The lowest BCUT2D eigenvalue weighted by atomic mass is 10.1. The quantitative estimate of drug-likeness (QED) is 0.850. The lowest BCUT2D eigenvalue weighted by Crippen LogP contribution is -2.21. The van der Waals surface area contributed by atoms with Gasteiger partial charge in [-0.15, -0.1) is 0 Å². The normalized spacial score (nSPS) is 11.2. The maximum absolute atomic E-state index is 11.9. The van der Waals surface area contributed by atoms with Crippen LogP contribution < -0.4 is 5.32 Å². The molecule has 88 valence electrons. The van der Waals surface area contributed by atoms with Gasteiger partial charge in [-0.2, -0.15) is 13.2 Å². The van der Waals surface area contributed by atoms with Gasteiger partial charge in [-0.25, -0.2) is 0 Å². The molecule has 0 fully saturated rings. The number of hydrogen-bond donors (Lipinski definition) is 1. The number of anilines is 1. The molecular formula is C11H12F3NO. The predicted molar refractivity (Wildman–Crippen MR) is 55.1 cm³/mol. The van der Waals surface area contributed by atoms with Gasteiger partial charge in [-0.1, -0.05) is 25.1 Å². The van der Waals surface area contributed by atoms with Crippen LogP contribution in [0.3, 0.4) is 0 Å². The Morgan fingerprint density at radius 2 is 1.94 bits per heavy atom. The van der Waals surface area contributed by atoms with Crippen LogP contribution in [0.5, 0.6) is 0 Å². The molecule has 1 rings (SSSR count). The minimum Gasteiger partial charge on any atom is -0.326 e. The lowest BCUT2D eigenvalue weighted by molar-refractivity contribution is -0.150. The average Bonchev–Trinajstić information content (AvgIpc) is 2.15. The summed E-state index contributed by atoms with van der Waals surface area (Å²) in [6.07, 6.45) is -5.27. The number of nitrogens with one attached hydrogen (secondary N) is 1. The number of amides is 1. The molecule has 0 heterocycles. The van der Waals surface area contributed by atoms with Gasteiger partial charge in [0, 0.05) is 5.69 Å². The van der Waals surface area contributed by atoms with Crippen LogP contribution in [0.1, 0.15) is 18.9 Å². The SMILES string of the molecule is CCc1ccccc1NC(=O)CC(F)(F)F. The van der Waals surface area contributed by atoms with Crippen LogP contribution in [-0.2, 0) is 11.2 Å². The number of aryl methyl sites for hydroxylation is 1. The van der Waals surface area contributed by atoms with E-state index in [1.807, 2.05) is 6.92 Å². The van der Waals surface area contributed by atoms with Crippen molar-refractivity contribution in [3.63, 3.8) is 0 Å². The standard InChI is InChI=1S/C11H12F3NO/c1-2-8-5-3-4-6-9(8)15-10(16)7-11(12,13)14/h3-6H,2,7H2,1H3,(H,15,16). The molecule has 5 heteroatoms. The maximum atomic E-state index is 11.9. The van der Waals surface area contributed by atoms with Crippen LogP contribution >= 0.6 is 0 Å². The van der Waals surface area contributed by atoms with Crippen LogP contribution in [0.25, 0.3) is 0 Å². The van der Waals surface area contributed by atoms with Crippen LogP contribution in [0.2, 0.25) is 0 Å². The largest absolute Gasteiger partial charge is 0.397 e. The molecule has 1 N–H and O–H groups in total. The summed E-state index contributed by atoms with van der Waals surface area (Å²) in [5.41, 5.74) is 1.26. The van der Waals surface area contributed by atoms with E-state index in [0.717, 1.165) is 5.56 Å². The van der Waals surface area contributed by atoms with Crippen molar-refractivity contribution in [1.29, 1.82) is 0 Å². The van der Waals surface area contributed by atoms with E-state index >= 15 is 0 Å². The molecule has 0 aliphatic rings. The fourth-order valence-corrected chi connectivity index (χ4v) is 1.33. The molecule has 0 radical (unpaired) electrons. The molecular weight excluding hydrogens is 219 g/mol. The second-order valence-corrected chi connectivity index (χ2v) is 3.35. The molecule has 0 saturated heterocycles. The van der Waals surface area contributed by atoms with Crippen molar-refractivity contribution in [1.82, 2.24) is 0 Å². The molecule has 1 aromatic carbocycles.